The Morgan fingerprint density at radius 1 is 0.735 bits per heavy atom. The number of hydrogen-bond acceptors (Lipinski definition) is 3. The third-order valence-electron chi connectivity index (χ3n) is 7.70. The molecule has 0 aliphatic rings. The van der Waals surface area contributed by atoms with Crippen molar-refractivity contribution in [2.75, 3.05) is 0 Å². The molecule has 0 bridgehead atoms. The topological polar surface area (TPSA) is 17.8 Å². The standard InChI is InChI=1S/C25H32BF3S2.C16H22N2/c1-23(2,3)30-21-13-9-19(10-14-21)26(18-8-7-17-25(27,28)29)20-11-15-22(16-12-20)31-24(4,5)6;1-3-4-5-6-7-15-8-10-16(11-9-15)18-13-12-17-14(18)2/h7,9-17H,8,18H2,1-6H3;8-13H,3-7H2,1-2H3. The molecule has 1 heterocycles. The van der Waals surface area contributed by atoms with E-state index < -0.39 is 6.18 Å². The van der Waals surface area contributed by atoms with Crippen molar-refractivity contribution in [3.8, 4) is 5.69 Å². The van der Waals surface area contributed by atoms with Gasteiger partial charge in [-0.05, 0) is 68.1 Å². The highest BCUT2D eigenvalue weighted by atomic mass is 32.2. The first-order valence-electron chi connectivity index (χ1n) is 17.4. The van der Waals surface area contributed by atoms with Crippen LogP contribution in [0.3, 0.4) is 0 Å². The molecule has 3 aromatic carbocycles. The molecule has 2 nitrogen and oxygen atoms in total. The second-order valence-electron chi connectivity index (χ2n) is 14.5. The smallest absolute Gasteiger partial charge is 0.304 e. The monoisotopic (exact) mass is 706 g/mol. The summed E-state index contributed by atoms with van der Waals surface area (Å²) in [7, 11) is 0. The molecule has 4 rings (SSSR count). The van der Waals surface area contributed by atoms with Crippen molar-refractivity contribution in [1.82, 2.24) is 9.55 Å². The van der Waals surface area contributed by atoms with E-state index in [0.717, 1.165) is 16.8 Å². The molecule has 0 fully saturated rings. The van der Waals surface area contributed by atoms with E-state index in [0.29, 0.717) is 18.8 Å². The van der Waals surface area contributed by atoms with Gasteiger partial charge >= 0.3 is 6.18 Å². The van der Waals surface area contributed by atoms with Gasteiger partial charge in [0.1, 0.15) is 5.82 Å². The zero-order valence-corrected chi connectivity index (χ0v) is 32.2. The predicted molar refractivity (Wildman–Crippen MR) is 210 cm³/mol. The van der Waals surface area contributed by atoms with E-state index in [1.807, 2.05) is 42.8 Å². The Labute approximate surface area is 302 Å². The Morgan fingerprint density at radius 2 is 1.27 bits per heavy atom. The molecule has 264 valence electrons. The summed E-state index contributed by atoms with van der Waals surface area (Å²) in [6, 6.07) is 25.8. The van der Waals surface area contributed by atoms with Crippen LogP contribution in [0.25, 0.3) is 5.69 Å². The van der Waals surface area contributed by atoms with Crippen LogP contribution in [-0.4, -0.2) is 31.9 Å². The van der Waals surface area contributed by atoms with Gasteiger partial charge < -0.3 is 4.57 Å². The largest absolute Gasteiger partial charge is 0.409 e. The van der Waals surface area contributed by atoms with E-state index in [2.05, 4.69) is 131 Å². The molecule has 0 N–H and O–H groups in total. The Bertz CT molecular complexity index is 1490. The first-order valence-corrected chi connectivity index (χ1v) is 19.1. The van der Waals surface area contributed by atoms with Crippen molar-refractivity contribution in [2.45, 2.75) is 126 Å². The Kier molecular flexibility index (Phi) is 15.7. The fourth-order valence-corrected chi connectivity index (χ4v) is 7.44. The van der Waals surface area contributed by atoms with Crippen LogP contribution in [0.15, 0.2) is 107 Å². The molecule has 4 aromatic rings. The molecule has 0 saturated heterocycles. The summed E-state index contributed by atoms with van der Waals surface area (Å²) in [6.07, 6.45) is 8.68. The van der Waals surface area contributed by atoms with Crippen LogP contribution >= 0.6 is 23.5 Å². The lowest BCUT2D eigenvalue weighted by Gasteiger charge is -2.20. The van der Waals surface area contributed by atoms with Crippen LogP contribution in [-0.2, 0) is 6.42 Å². The summed E-state index contributed by atoms with van der Waals surface area (Å²) in [4.78, 5) is 6.64. The quantitative estimate of drug-likeness (QED) is 0.0597. The van der Waals surface area contributed by atoms with Crippen molar-refractivity contribution in [2.24, 2.45) is 0 Å². The summed E-state index contributed by atoms with van der Waals surface area (Å²) in [6.45, 7) is 17.4. The molecule has 0 unspecified atom stereocenters. The minimum atomic E-state index is -4.26. The molecule has 0 amide bonds. The van der Waals surface area contributed by atoms with E-state index >= 15 is 0 Å². The van der Waals surface area contributed by atoms with Crippen LogP contribution in [0.5, 0.6) is 0 Å². The number of allylic oxidation sites excluding steroid dienone is 2. The normalized spacial score (nSPS) is 12.2. The molecular formula is C41H54BF3N2S2. The first kappa shape index (κ1) is 40.6. The number of nitrogens with zero attached hydrogens (tertiary/aromatic N) is 2. The van der Waals surface area contributed by atoms with E-state index in [4.69, 9.17) is 0 Å². The van der Waals surface area contributed by atoms with E-state index in [9.17, 15) is 13.2 Å². The summed E-state index contributed by atoms with van der Waals surface area (Å²) in [5.41, 5.74) is 4.90. The molecule has 8 heteroatoms. The van der Waals surface area contributed by atoms with Crippen molar-refractivity contribution in [3.63, 3.8) is 0 Å². The van der Waals surface area contributed by atoms with Gasteiger partial charge in [-0.3, -0.25) is 0 Å². The highest BCUT2D eigenvalue weighted by Gasteiger charge is 2.23. The maximum absolute atomic E-state index is 12.5. The number of alkyl halides is 3. The van der Waals surface area contributed by atoms with Crippen molar-refractivity contribution < 1.29 is 13.2 Å². The molecule has 1 aromatic heterocycles. The van der Waals surface area contributed by atoms with Gasteiger partial charge in [0.05, 0.1) is 0 Å². The number of rotatable bonds is 13. The van der Waals surface area contributed by atoms with Gasteiger partial charge in [-0.1, -0.05) is 127 Å². The minimum absolute atomic E-state index is 0.0558. The molecule has 49 heavy (non-hydrogen) atoms. The molecule has 0 aliphatic heterocycles. The van der Waals surface area contributed by atoms with Gasteiger partial charge in [0.15, 0.2) is 0 Å². The van der Waals surface area contributed by atoms with Crippen LogP contribution in [0.2, 0.25) is 6.32 Å². The van der Waals surface area contributed by atoms with Crippen LogP contribution < -0.4 is 10.9 Å². The van der Waals surface area contributed by atoms with Crippen LogP contribution in [0, 0.1) is 6.92 Å². The molecule has 0 saturated carbocycles. The molecule has 0 atom stereocenters. The van der Waals surface area contributed by atoms with Crippen molar-refractivity contribution in [3.05, 3.63) is 109 Å². The number of aromatic nitrogens is 2. The Morgan fingerprint density at radius 3 is 1.69 bits per heavy atom. The summed E-state index contributed by atoms with van der Waals surface area (Å²) in [5, 5.41) is 0. The average Bonchev–Trinajstić information content (AvgIpc) is 3.45. The van der Waals surface area contributed by atoms with Gasteiger partial charge in [-0.15, -0.1) is 23.5 Å². The first-order chi connectivity index (χ1) is 23.0. The van der Waals surface area contributed by atoms with Crippen LogP contribution in [0.1, 0.15) is 92.0 Å². The highest BCUT2D eigenvalue weighted by Crippen LogP contribution is 2.32. The van der Waals surface area contributed by atoms with Gasteiger partial charge in [-0.25, -0.2) is 4.98 Å². The van der Waals surface area contributed by atoms with E-state index in [1.54, 1.807) is 0 Å². The number of halogens is 3. The van der Waals surface area contributed by atoms with Crippen molar-refractivity contribution >= 4 is 41.2 Å². The maximum Gasteiger partial charge on any atom is 0.409 e. The Hall–Kier alpha value is -2.84. The minimum Gasteiger partial charge on any atom is -0.304 e. The second kappa shape index (κ2) is 19.0. The van der Waals surface area contributed by atoms with E-state index in [-0.39, 0.29) is 16.2 Å². The molecule has 0 aliphatic carbocycles. The lowest BCUT2D eigenvalue weighted by molar-refractivity contribution is -0.0800. The lowest BCUT2D eigenvalue weighted by Crippen LogP contribution is -2.41. The second-order valence-corrected chi connectivity index (χ2v) is 18.3. The maximum atomic E-state index is 12.5. The number of thioether (sulfide) groups is 2. The number of benzene rings is 3. The number of aryl methyl sites for hydroxylation is 2. The Balaban J connectivity index is 0.000000305. The van der Waals surface area contributed by atoms with Gasteiger partial charge in [-0.2, -0.15) is 13.2 Å². The van der Waals surface area contributed by atoms with E-state index in [1.165, 1.54) is 59.2 Å². The van der Waals surface area contributed by atoms with Crippen molar-refractivity contribution in [1.29, 1.82) is 0 Å². The number of hydrogen-bond donors (Lipinski definition) is 0. The average molecular weight is 707 g/mol. The van der Waals surface area contributed by atoms with Gasteiger partial charge in [0.2, 0.25) is 6.71 Å². The molecular weight excluding hydrogens is 652 g/mol. The van der Waals surface area contributed by atoms with Crippen LogP contribution in [0.4, 0.5) is 13.2 Å². The summed E-state index contributed by atoms with van der Waals surface area (Å²) >= 11 is 3.62. The summed E-state index contributed by atoms with van der Waals surface area (Å²) in [5.74, 6) is 1.03. The molecule has 0 radical (unpaired) electrons. The third-order valence-corrected chi connectivity index (χ3v) is 9.94. The lowest BCUT2D eigenvalue weighted by atomic mass is 9.38. The zero-order chi connectivity index (χ0) is 36.1. The third kappa shape index (κ3) is 15.7. The highest BCUT2D eigenvalue weighted by molar-refractivity contribution is 8.00. The number of imidazole rings is 1. The predicted octanol–water partition coefficient (Wildman–Crippen LogP) is 11.9. The fraction of sp³-hybridized carbons (Fsp3) is 0.439. The SMILES string of the molecule is CC(C)(C)Sc1ccc(B(CCC=CC(F)(F)F)c2ccc(SC(C)(C)C)cc2)cc1.CCCCCCc1ccc(-n2ccnc2C)cc1. The van der Waals surface area contributed by atoms with Gasteiger partial charge in [0, 0.05) is 43.4 Å². The fourth-order valence-electron chi connectivity index (χ4n) is 5.48. The number of unbranched alkanes of at least 4 members (excludes halogenated alkanes) is 3. The van der Waals surface area contributed by atoms with Gasteiger partial charge in [0.25, 0.3) is 0 Å². The zero-order valence-electron chi connectivity index (χ0n) is 30.6. The molecule has 0 spiro atoms. The summed E-state index contributed by atoms with van der Waals surface area (Å²) < 4.78 is 39.9.